The molecule has 4 atom stereocenters. The molecule has 1 aromatic carbocycles. The van der Waals surface area contributed by atoms with Crippen molar-refractivity contribution < 1.29 is 39.3 Å². The first-order valence-electron chi connectivity index (χ1n) is 11.2. The fourth-order valence-electron chi connectivity index (χ4n) is 3.16. The van der Waals surface area contributed by atoms with Gasteiger partial charge in [0.05, 0.1) is 12.5 Å². The smallest absolute Gasteiger partial charge is 0.326 e. The highest BCUT2D eigenvalue weighted by molar-refractivity contribution is 7.98. The van der Waals surface area contributed by atoms with Crippen LogP contribution in [0.15, 0.2) is 24.3 Å². The number of hydrogen-bond donors (Lipinski definition) is 7. The number of carbonyl (C=O) groups excluding carboxylic acids is 3. The van der Waals surface area contributed by atoms with Gasteiger partial charge in [0.25, 0.3) is 0 Å². The molecule has 0 fully saturated rings. The third-order valence-electron chi connectivity index (χ3n) is 5.22. The Hall–Kier alpha value is -3.32. The van der Waals surface area contributed by atoms with Crippen LogP contribution in [0.5, 0.6) is 5.75 Å². The third kappa shape index (κ3) is 10.5. The van der Waals surface area contributed by atoms with Gasteiger partial charge in [-0.05, 0) is 42.0 Å². The normalized spacial score (nSPS) is 14.2. The van der Waals surface area contributed by atoms with Crippen LogP contribution in [0.4, 0.5) is 0 Å². The first kappa shape index (κ1) is 30.7. The van der Waals surface area contributed by atoms with E-state index < -0.39 is 66.2 Å². The molecule has 0 radical (unpaired) electrons. The summed E-state index contributed by atoms with van der Waals surface area (Å²) in [6, 6.07) is 0.704. The summed E-state index contributed by atoms with van der Waals surface area (Å²) in [7, 11) is 0. The molecule has 8 N–H and O–H groups in total. The number of carboxylic acids is 2. The van der Waals surface area contributed by atoms with E-state index in [1.165, 1.54) is 36.0 Å². The standard InChI is InChI=1S/C23H34N4O8S/c1-12(2)19(27-20(31)15(24)8-9-36-3)22(33)25-16(11-18(29)30)21(32)26-17(23(34)35)10-13-4-6-14(28)7-5-13/h4-7,12,15-17,19,28H,8-11,24H2,1-3H3,(H,25,33)(H,26,32)(H,27,31)(H,29,30)(H,34,35). The highest BCUT2D eigenvalue weighted by Crippen LogP contribution is 2.12. The van der Waals surface area contributed by atoms with E-state index in [9.17, 15) is 39.3 Å². The molecule has 0 aliphatic heterocycles. The Morgan fingerprint density at radius 1 is 0.917 bits per heavy atom. The highest BCUT2D eigenvalue weighted by Gasteiger charge is 2.32. The lowest BCUT2D eigenvalue weighted by atomic mass is 10.0. The highest BCUT2D eigenvalue weighted by atomic mass is 32.2. The number of aromatic hydroxyl groups is 1. The van der Waals surface area contributed by atoms with E-state index in [0.29, 0.717) is 17.7 Å². The lowest BCUT2D eigenvalue weighted by molar-refractivity contribution is -0.143. The van der Waals surface area contributed by atoms with Gasteiger partial charge in [-0.15, -0.1) is 0 Å². The number of phenolic OH excluding ortho intramolecular Hbond substituents is 1. The topological polar surface area (TPSA) is 208 Å². The van der Waals surface area contributed by atoms with Crippen LogP contribution in [0.2, 0.25) is 0 Å². The Bertz CT molecular complexity index is 925. The number of carboxylic acid groups (broad SMARTS) is 2. The summed E-state index contributed by atoms with van der Waals surface area (Å²) in [5, 5.41) is 35.3. The number of hydrogen-bond acceptors (Lipinski definition) is 8. The lowest BCUT2D eigenvalue weighted by Gasteiger charge is -2.26. The zero-order chi connectivity index (χ0) is 27.4. The first-order chi connectivity index (χ1) is 16.8. The van der Waals surface area contributed by atoms with Crippen molar-refractivity contribution in [3.05, 3.63) is 29.8 Å². The number of thioether (sulfide) groups is 1. The van der Waals surface area contributed by atoms with Crippen molar-refractivity contribution >= 4 is 41.4 Å². The molecule has 200 valence electrons. The van der Waals surface area contributed by atoms with Crippen molar-refractivity contribution in [2.45, 2.75) is 57.3 Å². The molecule has 0 bridgehead atoms. The third-order valence-corrected chi connectivity index (χ3v) is 5.86. The largest absolute Gasteiger partial charge is 0.508 e. The molecule has 0 aromatic heterocycles. The van der Waals surface area contributed by atoms with Crippen molar-refractivity contribution in [1.82, 2.24) is 16.0 Å². The summed E-state index contributed by atoms with van der Waals surface area (Å²) in [5.74, 6) is -4.94. The van der Waals surface area contributed by atoms with Crippen molar-refractivity contribution in [1.29, 1.82) is 0 Å². The molecule has 0 spiro atoms. The Balaban J connectivity index is 2.97. The molecule has 0 saturated heterocycles. The molecule has 0 aliphatic rings. The van der Waals surface area contributed by atoms with Crippen molar-refractivity contribution in [2.24, 2.45) is 11.7 Å². The maximum atomic E-state index is 12.9. The quantitative estimate of drug-likeness (QED) is 0.158. The first-order valence-corrected chi connectivity index (χ1v) is 12.6. The molecule has 0 aliphatic carbocycles. The van der Waals surface area contributed by atoms with Gasteiger partial charge in [-0.3, -0.25) is 19.2 Å². The van der Waals surface area contributed by atoms with E-state index in [-0.39, 0.29) is 12.2 Å². The molecule has 4 unspecified atom stereocenters. The van der Waals surface area contributed by atoms with Crippen LogP contribution in [-0.4, -0.2) is 81.2 Å². The monoisotopic (exact) mass is 526 g/mol. The number of amides is 3. The molecule has 13 heteroatoms. The van der Waals surface area contributed by atoms with Gasteiger partial charge in [-0.2, -0.15) is 11.8 Å². The van der Waals surface area contributed by atoms with Gasteiger partial charge < -0.3 is 37.0 Å². The number of carbonyl (C=O) groups is 5. The Labute approximate surface area is 213 Å². The fourth-order valence-corrected chi connectivity index (χ4v) is 3.65. The van der Waals surface area contributed by atoms with Gasteiger partial charge in [0.15, 0.2) is 0 Å². The number of aliphatic carboxylic acids is 2. The minimum atomic E-state index is -1.60. The SMILES string of the molecule is CSCCC(N)C(=O)NC(C(=O)NC(CC(=O)O)C(=O)NC(Cc1ccc(O)cc1)C(=O)O)C(C)C. The minimum absolute atomic E-state index is 0.0177. The summed E-state index contributed by atoms with van der Waals surface area (Å²) < 4.78 is 0. The fraction of sp³-hybridized carbons (Fsp3) is 0.522. The van der Waals surface area contributed by atoms with Crippen LogP contribution >= 0.6 is 11.8 Å². The maximum absolute atomic E-state index is 12.9. The van der Waals surface area contributed by atoms with Crippen LogP contribution < -0.4 is 21.7 Å². The molecule has 3 amide bonds. The van der Waals surface area contributed by atoms with Gasteiger partial charge in [0, 0.05) is 6.42 Å². The lowest BCUT2D eigenvalue weighted by Crippen LogP contribution is -2.59. The van der Waals surface area contributed by atoms with Gasteiger partial charge in [-0.1, -0.05) is 26.0 Å². The predicted molar refractivity (Wildman–Crippen MR) is 133 cm³/mol. The number of benzene rings is 1. The van der Waals surface area contributed by atoms with E-state index >= 15 is 0 Å². The van der Waals surface area contributed by atoms with Crippen molar-refractivity contribution in [3.8, 4) is 5.75 Å². The zero-order valence-corrected chi connectivity index (χ0v) is 21.2. The van der Waals surface area contributed by atoms with Crippen molar-refractivity contribution in [3.63, 3.8) is 0 Å². The average molecular weight is 527 g/mol. The summed E-state index contributed by atoms with van der Waals surface area (Å²) in [6.07, 6.45) is 1.30. The second-order valence-electron chi connectivity index (χ2n) is 8.55. The Morgan fingerprint density at radius 3 is 2.00 bits per heavy atom. The van der Waals surface area contributed by atoms with Crippen LogP contribution in [0.25, 0.3) is 0 Å². The minimum Gasteiger partial charge on any atom is -0.508 e. The van der Waals surface area contributed by atoms with E-state index in [1.54, 1.807) is 13.8 Å². The molecule has 0 heterocycles. The number of rotatable bonds is 15. The van der Waals surface area contributed by atoms with Crippen LogP contribution in [-0.2, 0) is 30.4 Å². The second kappa shape index (κ2) is 14.9. The van der Waals surface area contributed by atoms with E-state index in [2.05, 4.69) is 16.0 Å². The van der Waals surface area contributed by atoms with Crippen LogP contribution in [0.3, 0.4) is 0 Å². The molecule has 36 heavy (non-hydrogen) atoms. The van der Waals surface area contributed by atoms with Gasteiger partial charge in [0.2, 0.25) is 17.7 Å². The summed E-state index contributed by atoms with van der Waals surface area (Å²) >= 11 is 1.51. The number of nitrogens with two attached hydrogens (primary N) is 1. The summed E-state index contributed by atoms with van der Waals surface area (Å²) in [6.45, 7) is 3.31. The van der Waals surface area contributed by atoms with E-state index in [0.717, 1.165) is 0 Å². The molecule has 1 rings (SSSR count). The van der Waals surface area contributed by atoms with Gasteiger partial charge in [0.1, 0.15) is 23.9 Å². The maximum Gasteiger partial charge on any atom is 0.326 e. The Kier molecular flexibility index (Phi) is 12.7. The molecule has 0 saturated carbocycles. The predicted octanol–water partition coefficient (Wildman–Crippen LogP) is -0.315. The molecule has 1 aromatic rings. The van der Waals surface area contributed by atoms with E-state index in [1.807, 2.05) is 6.26 Å². The molecular weight excluding hydrogens is 492 g/mol. The zero-order valence-electron chi connectivity index (χ0n) is 20.4. The summed E-state index contributed by atoms with van der Waals surface area (Å²) in [5.41, 5.74) is 6.35. The number of phenols is 1. The van der Waals surface area contributed by atoms with Crippen molar-refractivity contribution in [2.75, 3.05) is 12.0 Å². The van der Waals surface area contributed by atoms with Crippen LogP contribution in [0, 0.1) is 5.92 Å². The van der Waals surface area contributed by atoms with Gasteiger partial charge >= 0.3 is 11.9 Å². The van der Waals surface area contributed by atoms with E-state index in [4.69, 9.17) is 5.73 Å². The second-order valence-corrected chi connectivity index (χ2v) is 9.53. The number of nitrogens with one attached hydrogen (secondary N) is 3. The van der Waals surface area contributed by atoms with Crippen LogP contribution in [0.1, 0.15) is 32.3 Å². The Morgan fingerprint density at radius 2 is 1.50 bits per heavy atom. The molecular formula is C23H34N4O8S. The molecule has 12 nitrogen and oxygen atoms in total. The summed E-state index contributed by atoms with van der Waals surface area (Å²) in [4.78, 5) is 61.2. The average Bonchev–Trinajstić information content (AvgIpc) is 2.80. The van der Waals surface area contributed by atoms with Gasteiger partial charge in [-0.25, -0.2) is 4.79 Å².